The topological polar surface area (TPSA) is 55.6 Å². The number of nitrogens with two attached hydrogens (primary N) is 1. The molecule has 0 heterocycles. The molecule has 2 rings (SSSR count). The highest BCUT2D eigenvalue weighted by Crippen LogP contribution is 2.25. The minimum Gasteiger partial charge on any atom is -0.496 e. The van der Waals surface area contributed by atoms with Gasteiger partial charge < -0.3 is 15.4 Å². The van der Waals surface area contributed by atoms with Gasteiger partial charge >= 0.3 is 0 Å². The Bertz CT molecular complexity index is 636. The van der Waals surface area contributed by atoms with Crippen LogP contribution in [0.15, 0.2) is 42.5 Å². The van der Waals surface area contributed by atoms with E-state index < -0.39 is 0 Å². The summed E-state index contributed by atoms with van der Waals surface area (Å²) in [5.74, 6) is 0.502. The Hall–Kier alpha value is -2.49. The molecule has 0 radical (unpaired) electrons. The van der Waals surface area contributed by atoms with Crippen LogP contribution in [0.1, 0.15) is 22.8 Å². The van der Waals surface area contributed by atoms with Crippen LogP contribution in [-0.2, 0) is 0 Å². The Kier molecular flexibility index (Phi) is 4.48. The Morgan fingerprint density at radius 3 is 2.43 bits per heavy atom. The third-order valence-corrected chi connectivity index (χ3v) is 3.35. The maximum Gasteiger partial charge on any atom is 0.262 e. The maximum atomic E-state index is 12.8. The zero-order chi connectivity index (χ0) is 15.4. The molecule has 0 saturated carbocycles. The van der Waals surface area contributed by atoms with Gasteiger partial charge in [0, 0.05) is 17.9 Å². The lowest BCUT2D eigenvalue weighted by Crippen LogP contribution is -2.31. The number of carbonyl (C=O) groups excluding carboxylic acids is 1. The number of amides is 1. The van der Waals surface area contributed by atoms with Crippen molar-refractivity contribution in [2.24, 2.45) is 0 Å². The molecular formula is C17H20N2O2. The second-order valence-corrected chi connectivity index (χ2v) is 4.84. The van der Waals surface area contributed by atoms with Crippen molar-refractivity contribution in [3.05, 3.63) is 53.6 Å². The van der Waals surface area contributed by atoms with Crippen LogP contribution >= 0.6 is 0 Å². The van der Waals surface area contributed by atoms with Gasteiger partial charge in [0.2, 0.25) is 0 Å². The number of nitrogen functional groups attached to an aromatic ring is 1. The summed E-state index contributed by atoms with van der Waals surface area (Å²) in [4.78, 5) is 14.5. The third-order valence-electron chi connectivity index (χ3n) is 3.35. The van der Waals surface area contributed by atoms with Crippen molar-refractivity contribution in [2.45, 2.75) is 13.8 Å². The lowest BCUT2D eigenvalue weighted by atomic mass is 10.1. The number of methoxy groups -OCH3 is 1. The number of hydrogen-bond acceptors (Lipinski definition) is 3. The smallest absolute Gasteiger partial charge is 0.262 e. The van der Waals surface area contributed by atoms with Crippen molar-refractivity contribution in [2.75, 3.05) is 24.3 Å². The molecule has 4 nitrogen and oxygen atoms in total. The van der Waals surface area contributed by atoms with E-state index >= 15 is 0 Å². The summed E-state index contributed by atoms with van der Waals surface area (Å²) in [6.07, 6.45) is 0. The van der Waals surface area contributed by atoms with E-state index in [1.54, 1.807) is 24.1 Å². The molecule has 0 unspecified atom stereocenters. The van der Waals surface area contributed by atoms with E-state index in [2.05, 4.69) is 0 Å². The molecule has 0 spiro atoms. The number of ether oxygens (including phenoxy) is 1. The first-order valence-electron chi connectivity index (χ1n) is 6.89. The maximum absolute atomic E-state index is 12.8. The van der Waals surface area contributed by atoms with Crippen LogP contribution in [0.5, 0.6) is 5.75 Å². The minimum atomic E-state index is -0.0807. The van der Waals surface area contributed by atoms with Crippen molar-refractivity contribution in [3.8, 4) is 5.75 Å². The zero-order valence-corrected chi connectivity index (χ0v) is 12.6. The van der Waals surface area contributed by atoms with Crippen LogP contribution in [0.2, 0.25) is 0 Å². The van der Waals surface area contributed by atoms with Crippen molar-refractivity contribution >= 4 is 17.3 Å². The largest absolute Gasteiger partial charge is 0.496 e. The average Bonchev–Trinajstić information content (AvgIpc) is 2.49. The monoisotopic (exact) mass is 284 g/mol. The highest BCUT2D eigenvalue weighted by atomic mass is 16.5. The van der Waals surface area contributed by atoms with Gasteiger partial charge in [-0.2, -0.15) is 0 Å². The Balaban J connectivity index is 2.41. The zero-order valence-electron chi connectivity index (χ0n) is 12.6. The van der Waals surface area contributed by atoms with E-state index in [0.717, 1.165) is 11.3 Å². The second-order valence-electron chi connectivity index (χ2n) is 4.84. The normalized spacial score (nSPS) is 10.2. The molecule has 0 fully saturated rings. The Morgan fingerprint density at radius 1 is 1.19 bits per heavy atom. The van der Waals surface area contributed by atoms with E-state index in [1.807, 2.05) is 44.2 Å². The Labute approximate surface area is 125 Å². The van der Waals surface area contributed by atoms with Gasteiger partial charge in [0.25, 0.3) is 5.91 Å². The predicted octanol–water partition coefficient (Wildman–Crippen LogP) is 3.25. The highest BCUT2D eigenvalue weighted by Gasteiger charge is 2.20. The first-order valence-corrected chi connectivity index (χ1v) is 6.89. The van der Waals surface area contributed by atoms with E-state index in [0.29, 0.717) is 23.5 Å². The first kappa shape index (κ1) is 14.9. The Morgan fingerprint density at radius 2 is 1.86 bits per heavy atom. The van der Waals surface area contributed by atoms with Crippen LogP contribution < -0.4 is 15.4 Å². The van der Waals surface area contributed by atoms with Crippen LogP contribution in [0, 0.1) is 6.92 Å². The summed E-state index contributed by atoms with van der Waals surface area (Å²) >= 11 is 0. The molecule has 0 aliphatic rings. The van der Waals surface area contributed by atoms with E-state index in [-0.39, 0.29) is 5.91 Å². The van der Waals surface area contributed by atoms with Gasteiger partial charge in [-0.3, -0.25) is 4.79 Å². The number of carbonyl (C=O) groups is 1. The van der Waals surface area contributed by atoms with Crippen molar-refractivity contribution in [3.63, 3.8) is 0 Å². The number of hydrogen-bond donors (Lipinski definition) is 1. The molecule has 1 amide bonds. The van der Waals surface area contributed by atoms with E-state index in [1.165, 1.54) is 0 Å². The lowest BCUT2D eigenvalue weighted by molar-refractivity contribution is 0.0985. The van der Waals surface area contributed by atoms with Gasteiger partial charge in [0.1, 0.15) is 5.75 Å². The molecule has 21 heavy (non-hydrogen) atoms. The molecule has 4 heteroatoms. The summed E-state index contributed by atoms with van der Waals surface area (Å²) in [5, 5.41) is 0. The molecule has 2 aromatic carbocycles. The standard InChI is InChI=1S/C17H20N2O2/c1-4-19(14-8-6-13(18)7-9-14)17(20)15-11-12(2)5-10-16(15)21-3/h5-11H,4,18H2,1-3H3. The quantitative estimate of drug-likeness (QED) is 0.877. The highest BCUT2D eigenvalue weighted by molar-refractivity contribution is 6.08. The van der Waals surface area contributed by atoms with Gasteiger partial charge in [-0.15, -0.1) is 0 Å². The number of aryl methyl sites for hydroxylation is 1. The summed E-state index contributed by atoms with van der Waals surface area (Å²) < 4.78 is 5.30. The van der Waals surface area contributed by atoms with E-state index in [9.17, 15) is 4.79 Å². The molecule has 0 bridgehead atoms. The summed E-state index contributed by atoms with van der Waals surface area (Å²) in [5.41, 5.74) is 8.78. The van der Waals surface area contributed by atoms with Crippen LogP contribution in [0.3, 0.4) is 0 Å². The summed E-state index contributed by atoms with van der Waals surface area (Å²) in [6.45, 7) is 4.46. The van der Waals surface area contributed by atoms with Gasteiger partial charge in [-0.05, 0) is 50.2 Å². The second kappa shape index (κ2) is 6.31. The third kappa shape index (κ3) is 3.16. The molecule has 2 aromatic rings. The molecule has 2 N–H and O–H groups in total. The van der Waals surface area contributed by atoms with Gasteiger partial charge in [0.15, 0.2) is 0 Å². The molecular weight excluding hydrogens is 264 g/mol. The number of anilines is 2. The SMILES string of the molecule is CCN(C(=O)c1cc(C)ccc1OC)c1ccc(N)cc1. The fourth-order valence-corrected chi connectivity index (χ4v) is 2.23. The van der Waals surface area contributed by atoms with Crippen LogP contribution in [-0.4, -0.2) is 19.6 Å². The number of benzene rings is 2. The fraction of sp³-hybridized carbons (Fsp3) is 0.235. The van der Waals surface area contributed by atoms with Crippen LogP contribution in [0.25, 0.3) is 0 Å². The van der Waals surface area contributed by atoms with Gasteiger partial charge in [-0.25, -0.2) is 0 Å². The fourth-order valence-electron chi connectivity index (χ4n) is 2.23. The number of nitrogens with zero attached hydrogens (tertiary/aromatic N) is 1. The van der Waals surface area contributed by atoms with E-state index in [4.69, 9.17) is 10.5 Å². The summed E-state index contributed by atoms with van der Waals surface area (Å²) in [6, 6.07) is 12.9. The average molecular weight is 284 g/mol. The molecule has 0 atom stereocenters. The number of rotatable bonds is 4. The molecule has 0 saturated heterocycles. The first-order chi connectivity index (χ1) is 10.1. The van der Waals surface area contributed by atoms with Gasteiger partial charge in [0.05, 0.1) is 12.7 Å². The lowest BCUT2D eigenvalue weighted by Gasteiger charge is -2.22. The molecule has 110 valence electrons. The van der Waals surface area contributed by atoms with Crippen molar-refractivity contribution < 1.29 is 9.53 Å². The predicted molar refractivity (Wildman–Crippen MR) is 85.9 cm³/mol. The molecule has 0 aromatic heterocycles. The molecule has 0 aliphatic heterocycles. The van der Waals surface area contributed by atoms with Crippen molar-refractivity contribution in [1.82, 2.24) is 0 Å². The van der Waals surface area contributed by atoms with Gasteiger partial charge in [-0.1, -0.05) is 11.6 Å². The summed E-state index contributed by atoms with van der Waals surface area (Å²) in [7, 11) is 1.57. The minimum absolute atomic E-state index is 0.0807. The van der Waals surface area contributed by atoms with Crippen LogP contribution in [0.4, 0.5) is 11.4 Å². The molecule has 0 aliphatic carbocycles. The van der Waals surface area contributed by atoms with Crippen molar-refractivity contribution in [1.29, 1.82) is 0 Å².